The lowest BCUT2D eigenvalue weighted by molar-refractivity contribution is -0.873. The summed E-state index contributed by atoms with van der Waals surface area (Å²) in [5.41, 5.74) is 0. The van der Waals surface area contributed by atoms with E-state index in [9.17, 15) is 14.8 Å². The number of nitrogens with one attached hydrogen (secondary N) is 1. The van der Waals surface area contributed by atoms with Crippen LogP contribution in [-0.2, 0) is 23.3 Å². The molecule has 0 spiro atoms. The molecule has 0 aromatic carbocycles. The predicted molar refractivity (Wildman–Crippen MR) is 94.9 cm³/mol. The zero-order valence-electron chi connectivity index (χ0n) is 15.9. The lowest BCUT2D eigenvalue weighted by Crippen LogP contribution is -2.43. The number of methoxy groups -OCH3 is 1. The Balaban J connectivity index is 3.69. The average molecular weight is 385 g/mol. The highest BCUT2D eigenvalue weighted by Crippen LogP contribution is 2.31. The highest BCUT2D eigenvalue weighted by atomic mass is 31.2. The Bertz CT molecular complexity index is 355. The van der Waals surface area contributed by atoms with Crippen molar-refractivity contribution in [3.63, 3.8) is 0 Å². The number of quaternary nitrogens is 1. The normalized spacial score (nSPS) is 15.6. The van der Waals surface area contributed by atoms with Gasteiger partial charge in [-0.3, -0.25) is 4.79 Å². The fourth-order valence-corrected chi connectivity index (χ4v) is 2.38. The second-order valence-electron chi connectivity index (χ2n) is 6.68. The third-order valence-electron chi connectivity index (χ3n) is 3.13. The van der Waals surface area contributed by atoms with Gasteiger partial charge in [0.05, 0.1) is 40.8 Å². The van der Waals surface area contributed by atoms with E-state index in [-0.39, 0.29) is 25.0 Å². The number of amides is 1. The van der Waals surface area contributed by atoms with Gasteiger partial charge >= 0.3 is 8.60 Å². The highest BCUT2D eigenvalue weighted by molar-refractivity contribution is 7.40. The summed E-state index contributed by atoms with van der Waals surface area (Å²) >= 11 is 0. The average Bonchev–Trinajstić information content (AvgIpc) is 2.51. The summed E-state index contributed by atoms with van der Waals surface area (Å²) in [5.74, 6) is -0.167. The van der Waals surface area contributed by atoms with Crippen LogP contribution in [0.1, 0.15) is 12.8 Å². The van der Waals surface area contributed by atoms with Crippen LogP contribution in [0.5, 0.6) is 0 Å². The van der Waals surface area contributed by atoms with Gasteiger partial charge in [0, 0.05) is 27.4 Å². The quantitative estimate of drug-likeness (QED) is 0.205. The van der Waals surface area contributed by atoms with Gasteiger partial charge in [0.1, 0.15) is 18.8 Å². The van der Waals surface area contributed by atoms with Gasteiger partial charge in [-0.25, -0.2) is 0 Å². The Morgan fingerprint density at radius 2 is 1.92 bits per heavy atom. The van der Waals surface area contributed by atoms with Gasteiger partial charge in [-0.05, 0) is 6.42 Å². The fraction of sp³-hybridized carbons (Fsp3) is 0.933. The maximum absolute atomic E-state index is 11.7. The number of aliphatic hydroxyl groups excluding tert-OH is 1. The minimum atomic E-state index is -1.87. The molecule has 3 atom stereocenters. The number of carbonyl (C=O) groups is 1. The first kappa shape index (κ1) is 24.6. The summed E-state index contributed by atoms with van der Waals surface area (Å²) in [7, 11) is 6.92. The largest absolute Gasteiger partial charge is 0.387 e. The van der Waals surface area contributed by atoms with Gasteiger partial charge in [-0.1, -0.05) is 0 Å². The van der Waals surface area contributed by atoms with Crippen molar-refractivity contribution in [2.45, 2.75) is 25.0 Å². The first-order chi connectivity index (χ1) is 11.7. The van der Waals surface area contributed by atoms with Crippen molar-refractivity contribution in [1.82, 2.24) is 5.32 Å². The van der Waals surface area contributed by atoms with E-state index in [1.807, 2.05) is 21.1 Å². The summed E-state index contributed by atoms with van der Waals surface area (Å²) in [6.45, 7) is 1.96. The highest BCUT2D eigenvalue weighted by Gasteiger charge is 2.18. The van der Waals surface area contributed by atoms with Gasteiger partial charge in [-0.2, -0.15) is 0 Å². The van der Waals surface area contributed by atoms with Crippen LogP contribution in [0.3, 0.4) is 0 Å². The van der Waals surface area contributed by atoms with E-state index < -0.39 is 14.7 Å². The molecule has 0 aromatic rings. The zero-order valence-corrected chi connectivity index (χ0v) is 16.8. The third-order valence-corrected chi connectivity index (χ3v) is 3.81. The topological polar surface area (TPSA) is 106 Å². The van der Waals surface area contributed by atoms with Gasteiger partial charge in [0.2, 0.25) is 5.91 Å². The molecule has 0 aromatic heterocycles. The molecular formula is C15H34N2O7P+. The molecule has 150 valence electrons. The van der Waals surface area contributed by atoms with E-state index >= 15 is 0 Å². The molecule has 0 rings (SSSR count). The smallest absolute Gasteiger partial charge is 0.329 e. The Hall–Kier alpha value is -0.380. The molecule has 3 N–H and O–H groups in total. The lowest BCUT2D eigenvalue weighted by Gasteiger charge is -2.26. The predicted octanol–water partition coefficient (Wildman–Crippen LogP) is -0.136. The van der Waals surface area contributed by atoms with Crippen LogP contribution in [0, 0.1) is 0 Å². The molecule has 0 fully saturated rings. The van der Waals surface area contributed by atoms with Crippen molar-refractivity contribution in [3.05, 3.63) is 0 Å². The summed E-state index contributed by atoms with van der Waals surface area (Å²) < 4.78 is 20.9. The van der Waals surface area contributed by atoms with Crippen LogP contribution in [0.25, 0.3) is 0 Å². The summed E-state index contributed by atoms with van der Waals surface area (Å²) in [6, 6.07) is 0. The van der Waals surface area contributed by atoms with Gasteiger partial charge in [-0.15, -0.1) is 0 Å². The van der Waals surface area contributed by atoms with Crippen LogP contribution in [0.4, 0.5) is 0 Å². The SMILES string of the molecule is COC(COCCCNC(=O)CC(O)C[N+](C)(C)C)COP(O)OC. The van der Waals surface area contributed by atoms with Crippen molar-refractivity contribution in [2.24, 2.45) is 0 Å². The molecule has 0 aliphatic carbocycles. The molecule has 0 aliphatic rings. The van der Waals surface area contributed by atoms with E-state index in [1.54, 1.807) is 0 Å². The molecule has 0 radical (unpaired) electrons. The number of carbonyl (C=O) groups excluding carboxylic acids is 1. The number of hydrogen-bond donors (Lipinski definition) is 3. The standard InChI is InChI=1S/C15H33N2O7P/c1-17(2,3)10-13(18)9-15(19)16-7-6-8-23-11-14(21-4)12-24-25(20)22-5/h13-14,18,20H,6-12H2,1-5H3/p+1. The fourth-order valence-electron chi connectivity index (χ4n) is 1.98. The maximum atomic E-state index is 11.7. The Morgan fingerprint density at radius 1 is 1.24 bits per heavy atom. The van der Waals surface area contributed by atoms with E-state index in [0.29, 0.717) is 37.2 Å². The molecule has 3 unspecified atom stereocenters. The van der Waals surface area contributed by atoms with Crippen LogP contribution in [0.2, 0.25) is 0 Å². The summed E-state index contributed by atoms with van der Waals surface area (Å²) in [5, 5.41) is 12.6. The van der Waals surface area contributed by atoms with E-state index in [1.165, 1.54) is 14.2 Å². The summed E-state index contributed by atoms with van der Waals surface area (Å²) in [4.78, 5) is 20.9. The molecule has 9 nitrogen and oxygen atoms in total. The molecule has 0 heterocycles. The summed E-state index contributed by atoms with van der Waals surface area (Å²) in [6.07, 6.45) is -0.196. The van der Waals surface area contributed by atoms with Gasteiger partial charge in [0.15, 0.2) is 0 Å². The molecule has 0 aliphatic heterocycles. The van der Waals surface area contributed by atoms with E-state index in [0.717, 1.165) is 0 Å². The Kier molecular flexibility index (Phi) is 13.6. The number of nitrogens with zero attached hydrogens (tertiary/aromatic N) is 1. The third kappa shape index (κ3) is 15.6. The first-order valence-corrected chi connectivity index (χ1v) is 9.32. The number of ether oxygens (including phenoxy) is 2. The Labute approximate surface area is 151 Å². The molecule has 0 bridgehead atoms. The second-order valence-corrected chi connectivity index (χ2v) is 7.78. The van der Waals surface area contributed by atoms with Crippen molar-refractivity contribution in [1.29, 1.82) is 0 Å². The molecule has 25 heavy (non-hydrogen) atoms. The molecule has 0 saturated carbocycles. The molecule has 1 amide bonds. The number of hydrogen-bond acceptors (Lipinski definition) is 7. The van der Waals surface area contributed by atoms with Crippen molar-refractivity contribution in [2.75, 3.05) is 68.3 Å². The number of rotatable bonds is 15. The number of aliphatic hydroxyl groups is 1. The lowest BCUT2D eigenvalue weighted by atomic mass is 10.2. The second kappa shape index (κ2) is 13.8. The van der Waals surface area contributed by atoms with Crippen LogP contribution in [-0.4, -0.2) is 101 Å². The number of likely N-dealkylation sites (N-methyl/N-ethyl adjacent to an activating group) is 1. The van der Waals surface area contributed by atoms with Crippen LogP contribution < -0.4 is 5.32 Å². The Morgan fingerprint density at radius 3 is 2.48 bits per heavy atom. The monoisotopic (exact) mass is 385 g/mol. The van der Waals surface area contributed by atoms with E-state index in [2.05, 4.69) is 9.84 Å². The minimum Gasteiger partial charge on any atom is -0.387 e. The minimum absolute atomic E-state index is 0.100. The van der Waals surface area contributed by atoms with Gasteiger partial charge < -0.3 is 38.3 Å². The van der Waals surface area contributed by atoms with Gasteiger partial charge in [0.25, 0.3) is 0 Å². The molecule has 10 heteroatoms. The van der Waals surface area contributed by atoms with Crippen molar-refractivity contribution < 1.29 is 37.8 Å². The maximum Gasteiger partial charge on any atom is 0.329 e. The van der Waals surface area contributed by atoms with Crippen molar-refractivity contribution in [3.8, 4) is 0 Å². The van der Waals surface area contributed by atoms with E-state index in [4.69, 9.17) is 14.0 Å². The zero-order chi connectivity index (χ0) is 19.3. The van der Waals surface area contributed by atoms with Crippen molar-refractivity contribution >= 4 is 14.5 Å². The molecular weight excluding hydrogens is 351 g/mol. The molecule has 0 saturated heterocycles. The van der Waals surface area contributed by atoms with Crippen LogP contribution in [0.15, 0.2) is 0 Å². The van der Waals surface area contributed by atoms with Crippen LogP contribution >= 0.6 is 8.60 Å². The first-order valence-electron chi connectivity index (χ1n) is 8.19.